The molecule has 1 heterocycles. The lowest BCUT2D eigenvalue weighted by Gasteiger charge is -2.36. The molecule has 0 aliphatic heterocycles. The predicted molar refractivity (Wildman–Crippen MR) is 77.7 cm³/mol. The Bertz CT molecular complexity index is 435. The van der Waals surface area contributed by atoms with Crippen molar-refractivity contribution in [2.45, 2.75) is 38.6 Å². The zero-order chi connectivity index (χ0) is 13.1. The van der Waals surface area contributed by atoms with E-state index < -0.39 is 0 Å². The molecule has 5 heteroatoms. The first-order chi connectivity index (χ1) is 8.59. The lowest BCUT2D eigenvalue weighted by Crippen LogP contribution is -2.40. The molecule has 1 aliphatic carbocycles. The molecule has 98 valence electrons. The number of nitrogens with zero attached hydrogens (tertiary/aromatic N) is 3. The van der Waals surface area contributed by atoms with Crippen LogP contribution in [0.1, 0.15) is 38.3 Å². The zero-order valence-electron chi connectivity index (χ0n) is 11.0. The van der Waals surface area contributed by atoms with Gasteiger partial charge in [-0.1, -0.05) is 32.0 Å². The molecular formula is C13H20N4S. The van der Waals surface area contributed by atoms with Gasteiger partial charge in [-0.05, 0) is 24.8 Å². The van der Waals surface area contributed by atoms with Crippen molar-refractivity contribution in [2.24, 2.45) is 11.7 Å². The van der Waals surface area contributed by atoms with Crippen LogP contribution in [0.15, 0.2) is 12.3 Å². The van der Waals surface area contributed by atoms with E-state index in [-0.39, 0.29) is 0 Å². The summed E-state index contributed by atoms with van der Waals surface area (Å²) < 4.78 is 0. The SMILES string of the molecule is CC1CCCCC1N(C)c1nccc(C(N)=S)n1. The van der Waals surface area contributed by atoms with Crippen LogP contribution in [0.3, 0.4) is 0 Å². The number of nitrogens with two attached hydrogens (primary N) is 1. The number of aromatic nitrogens is 2. The van der Waals surface area contributed by atoms with Crippen molar-refractivity contribution < 1.29 is 0 Å². The molecule has 1 aromatic rings. The Hall–Kier alpha value is -1.23. The maximum absolute atomic E-state index is 5.61. The number of thiocarbonyl (C=S) groups is 1. The largest absolute Gasteiger partial charge is 0.388 e. The van der Waals surface area contributed by atoms with Crippen molar-refractivity contribution in [1.29, 1.82) is 0 Å². The third-order valence-electron chi connectivity index (χ3n) is 3.77. The number of anilines is 1. The zero-order valence-corrected chi connectivity index (χ0v) is 11.8. The van der Waals surface area contributed by atoms with Gasteiger partial charge >= 0.3 is 0 Å². The first kappa shape index (κ1) is 13.2. The second-order valence-corrected chi connectivity index (χ2v) is 5.49. The molecule has 4 nitrogen and oxygen atoms in total. The lowest BCUT2D eigenvalue weighted by atomic mass is 9.85. The Morgan fingerprint density at radius 3 is 2.83 bits per heavy atom. The quantitative estimate of drug-likeness (QED) is 0.848. The van der Waals surface area contributed by atoms with Gasteiger partial charge in [0.15, 0.2) is 0 Å². The van der Waals surface area contributed by atoms with E-state index in [1.807, 2.05) is 0 Å². The molecule has 1 saturated carbocycles. The number of hydrogen-bond donors (Lipinski definition) is 1. The van der Waals surface area contributed by atoms with Gasteiger partial charge in [0.2, 0.25) is 5.95 Å². The summed E-state index contributed by atoms with van der Waals surface area (Å²) in [5.41, 5.74) is 6.25. The highest BCUT2D eigenvalue weighted by atomic mass is 32.1. The normalized spacial score (nSPS) is 23.7. The predicted octanol–water partition coefficient (Wildman–Crippen LogP) is 2.13. The second-order valence-electron chi connectivity index (χ2n) is 5.05. The fourth-order valence-electron chi connectivity index (χ4n) is 2.68. The Morgan fingerprint density at radius 1 is 1.44 bits per heavy atom. The molecule has 1 aromatic heterocycles. The highest BCUT2D eigenvalue weighted by Crippen LogP contribution is 2.28. The fraction of sp³-hybridized carbons (Fsp3) is 0.615. The van der Waals surface area contributed by atoms with E-state index >= 15 is 0 Å². The Morgan fingerprint density at radius 2 is 2.17 bits per heavy atom. The molecule has 2 N–H and O–H groups in total. The molecule has 0 spiro atoms. The maximum atomic E-state index is 5.61. The van der Waals surface area contributed by atoms with Crippen LogP contribution in [0.5, 0.6) is 0 Å². The maximum Gasteiger partial charge on any atom is 0.225 e. The molecule has 1 fully saturated rings. The van der Waals surface area contributed by atoms with Crippen molar-refractivity contribution in [3.63, 3.8) is 0 Å². The van der Waals surface area contributed by atoms with Crippen LogP contribution >= 0.6 is 12.2 Å². The van der Waals surface area contributed by atoms with Crippen molar-refractivity contribution in [1.82, 2.24) is 9.97 Å². The molecule has 2 atom stereocenters. The third kappa shape index (κ3) is 2.77. The van der Waals surface area contributed by atoms with E-state index in [9.17, 15) is 0 Å². The van der Waals surface area contributed by atoms with Crippen LogP contribution in [0.2, 0.25) is 0 Å². The number of rotatable bonds is 3. The van der Waals surface area contributed by atoms with E-state index in [0.717, 1.165) is 5.95 Å². The summed E-state index contributed by atoms with van der Waals surface area (Å²) in [5.74, 6) is 1.40. The van der Waals surface area contributed by atoms with Crippen molar-refractivity contribution >= 4 is 23.2 Å². The summed E-state index contributed by atoms with van der Waals surface area (Å²) in [7, 11) is 2.06. The van der Waals surface area contributed by atoms with Gasteiger partial charge < -0.3 is 10.6 Å². The molecule has 0 aromatic carbocycles. The van der Waals surface area contributed by atoms with Gasteiger partial charge in [0.1, 0.15) is 10.7 Å². The highest BCUT2D eigenvalue weighted by Gasteiger charge is 2.26. The van der Waals surface area contributed by atoms with Gasteiger partial charge in [0.25, 0.3) is 0 Å². The van der Waals surface area contributed by atoms with Crippen LogP contribution in [0.25, 0.3) is 0 Å². The van der Waals surface area contributed by atoms with Gasteiger partial charge in [0, 0.05) is 19.3 Å². The summed E-state index contributed by atoms with van der Waals surface area (Å²) >= 11 is 4.96. The van der Waals surface area contributed by atoms with Gasteiger partial charge in [-0.15, -0.1) is 0 Å². The van der Waals surface area contributed by atoms with E-state index in [4.69, 9.17) is 18.0 Å². The van der Waals surface area contributed by atoms with Gasteiger partial charge in [-0.2, -0.15) is 0 Å². The van der Waals surface area contributed by atoms with E-state index in [2.05, 4.69) is 28.8 Å². The van der Waals surface area contributed by atoms with Gasteiger partial charge in [0.05, 0.1) is 0 Å². The van der Waals surface area contributed by atoms with E-state index in [0.29, 0.717) is 22.6 Å². The summed E-state index contributed by atoms with van der Waals surface area (Å²) in [6.07, 6.45) is 6.83. The monoisotopic (exact) mass is 264 g/mol. The summed E-state index contributed by atoms with van der Waals surface area (Å²) in [4.78, 5) is 11.3. The van der Waals surface area contributed by atoms with Crippen molar-refractivity contribution in [3.8, 4) is 0 Å². The minimum absolute atomic E-state index is 0.323. The minimum atomic E-state index is 0.323. The Balaban J connectivity index is 2.19. The molecule has 0 radical (unpaired) electrons. The summed E-state index contributed by atoms with van der Waals surface area (Å²) in [6.45, 7) is 2.30. The van der Waals surface area contributed by atoms with Gasteiger partial charge in [-0.3, -0.25) is 0 Å². The van der Waals surface area contributed by atoms with Crippen molar-refractivity contribution in [2.75, 3.05) is 11.9 Å². The fourth-order valence-corrected chi connectivity index (χ4v) is 2.79. The minimum Gasteiger partial charge on any atom is -0.388 e. The van der Waals surface area contributed by atoms with Crippen LogP contribution in [-0.4, -0.2) is 28.0 Å². The second kappa shape index (κ2) is 5.61. The lowest BCUT2D eigenvalue weighted by molar-refractivity contribution is 0.319. The standard InChI is InChI=1S/C13H20N4S/c1-9-5-3-4-6-11(9)17(2)13-15-8-7-10(16-13)12(14)18/h7-9,11H,3-6H2,1-2H3,(H2,14,18). The Labute approximate surface area is 114 Å². The van der Waals surface area contributed by atoms with Crippen LogP contribution < -0.4 is 10.6 Å². The average Bonchev–Trinajstić information content (AvgIpc) is 2.38. The first-order valence-corrected chi connectivity index (χ1v) is 6.86. The molecule has 0 saturated heterocycles. The van der Waals surface area contributed by atoms with Gasteiger partial charge in [-0.25, -0.2) is 9.97 Å². The molecule has 0 bridgehead atoms. The van der Waals surface area contributed by atoms with Crippen LogP contribution in [0, 0.1) is 5.92 Å². The molecule has 18 heavy (non-hydrogen) atoms. The molecule has 0 amide bonds. The third-order valence-corrected chi connectivity index (χ3v) is 3.98. The Kier molecular flexibility index (Phi) is 4.11. The van der Waals surface area contributed by atoms with Crippen molar-refractivity contribution in [3.05, 3.63) is 18.0 Å². The summed E-state index contributed by atoms with van der Waals surface area (Å²) in [5, 5.41) is 0. The highest BCUT2D eigenvalue weighted by molar-refractivity contribution is 7.80. The molecule has 2 unspecified atom stereocenters. The average molecular weight is 264 g/mol. The molecular weight excluding hydrogens is 244 g/mol. The topological polar surface area (TPSA) is 55.0 Å². The number of hydrogen-bond acceptors (Lipinski definition) is 4. The van der Waals surface area contributed by atoms with Crippen LogP contribution in [-0.2, 0) is 0 Å². The molecule has 2 rings (SSSR count). The first-order valence-electron chi connectivity index (χ1n) is 6.45. The van der Waals surface area contributed by atoms with Crippen LogP contribution in [0.4, 0.5) is 5.95 Å². The smallest absolute Gasteiger partial charge is 0.225 e. The molecule has 1 aliphatic rings. The van der Waals surface area contributed by atoms with E-state index in [1.54, 1.807) is 12.3 Å². The van der Waals surface area contributed by atoms with E-state index in [1.165, 1.54) is 25.7 Å². The summed E-state index contributed by atoms with van der Waals surface area (Å²) in [6, 6.07) is 2.27.